The van der Waals surface area contributed by atoms with Gasteiger partial charge in [0.25, 0.3) is 0 Å². The van der Waals surface area contributed by atoms with E-state index < -0.39 is 5.97 Å². The first-order valence-electron chi connectivity index (χ1n) is 6.70. The summed E-state index contributed by atoms with van der Waals surface area (Å²) in [5.74, 6) is -0.352. The van der Waals surface area contributed by atoms with E-state index in [1.807, 2.05) is 6.08 Å². The molecule has 4 atom stereocenters. The van der Waals surface area contributed by atoms with Crippen LogP contribution in [0.1, 0.15) is 38.5 Å². The van der Waals surface area contributed by atoms with E-state index in [0.29, 0.717) is 12.3 Å². The Bertz CT molecular complexity index is 337. The number of carboxylic acids is 1. The summed E-state index contributed by atoms with van der Waals surface area (Å²) in [5.41, 5.74) is 0. The summed E-state index contributed by atoms with van der Waals surface area (Å²) in [6.45, 7) is 0. The molecule has 0 aromatic carbocycles. The molecule has 0 aliphatic carbocycles. The number of allylic oxidation sites excluding steroid dienone is 2. The Morgan fingerprint density at radius 1 is 1.28 bits per heavy atom. The summed E-state index contributed by atoms with van der Waals surface area (Å²) in [6, 6.07) is 0. The lowest BCUT2D eigenvalue weighted by atomic mass is 9.78. The van der Waals surface area contributed by atoms with Gasteiger partial charge in [0.2, 0.25) is 0 Å². The van der Waals surface area contributed by atoms with Crippen molar-refractivity contribution in [1.29, 1.82) is 0 Å². The molecule has 4 unspecified atom stereocenters. The van der Waals surface area contributed by atoms with E-state index in [9.17, 15) is 9.59 Å². The first-order valence-corrected chi connectivity index (χ1v) is 6.70. The van der Waals surface area contributed by atoms with Gasteiger partial charge in [0.15, 0.2) is 0 Å². The number of fused-ring (bicyclic) bond motifs is 2. The lowest BCUT2D eigenvalue weighted by Crippen LogP contribution is -2.27. The minimum absolute atomic E-state index is 0.0624. The van der Waals surface area contributed by atoms with E-state index >= 15 is 0 Å². The molecule has 2 aliphatic rings. The molecule has 4 nitrogen and oxygen atoms in total. The Balaban J connectivity index is 1.71. The second-order valence-electron chi connectivity index (χ2n) is 5.16. The zero-order valence-electron chi connectivity index (χ0n) is 10.5. The van der Waals surface area contributed by atoms with Gasteiger partial charge in [0, 0.05) is 18.3 Å². The first-order chi connectivity index (χ1) is 8.72. The highest BCUT2D eigenvalue weighted by Gasteiger charge is 2.47. The number of carboxylic acid groups (broad SMARTS) is 1. The van der Waals surface area contributed by atoms with Gasteiger partial charge in [0.05, 0.1) is 12.2 Å². The van der Waals surface area contributed by atoms with Crippen molar-refractivity contribution >= 4 is 12.3 Å². The maximum atomic E-state index is 11.0. The molecule has 0 spiro atoms. The molecule has 0 aromatic rings. The zero-order chi connectivity index (χ0) is 13.0. The highest BCUT2D eigenvalue weighted by Crippen LogP contribution is 2.44. The number of carbonyl (C=O) groups is 2. The Labute approximate surface area is 107 Å². The van der Waals surface area contributed by atoms with E-state index in [1.165, 1.54) is 0 Å². The molecule has 0 saturated carbocycles. The number of aldehydes is 1. The Morgan fingerprint density at radius 3 is 2.78 bits per heavy atom. The van der Waals surface area contributed by atoms with Crippen LogP contribution in [0.2, 0.25) is 0 Å². The number of hydrogen-bond acceptors (Lipinski definition) is 3. The maximum Gasteiger partial charge on any atom is 0.303 e. The van der Waals surface area contributed by atoms with Crippen molar-refractivity contribution < 1.29 is 19.4 Å². The predicted octanol–water partition coefficient (Wildman–Crippen LogP) is 2.18. The highest BCUT2D eigenvalue weighted by molar-refractivity contribution is 5.66. The molecule has 0 amide bonds. The van der Waals surface area contributed by atoms with Crippen molar-refractivity contribution in [3.63, 3.8) is 0 Å². The van der Waals surface area contributed by atoms with Gasteiger partial charge in [-0.2, -0.15) is 0 Å². The smallest absolute Gasteiger partial charge is 0.303 e. The Hall–Kier alpha value is -1.16. The molecular formula is C14H20O4. The fraction of sp³-hybridized carbons (Fsp3) is 0.714. The van der Waals surface area contributed by atoms with Crippen LogP contribution in [0.4, 0.5) is 0 Å². The molecule has 2 saturated heterocycles. The number of ether oxygens (including phenoxy) is 1. The summed E-state index contributed by atoms with van der Waals surface area (Å²) in [7, 11) is 0. The molecular weight excluding hydrogens is 232 g/mol. The van der Waals surface area contributed by atoms with Crippen molar-refractivity contribution in [2.24, 2.45) is 11.8 Å². The second kappa shape index (κ2) is 6.14. The van der Waals surface area contributed by atoms with E-state index in [-0.39, 0.29) is 24.5 Å². The van der Waals surface area contributed by atoms with Crippen LogP contribution >= 0.6 is 0 Å². The third kappa shape index (κ3) is 2.99. The van der Waals surface area contributed by atoms with E-state index in [2.05, 4.69) is 6.08 Å². The van der Waals surface area contributed by atoms with Crippen LogP contribution in [0.3, 0.4) is 0 Å². The number of rotatable bonds is 7. The fourth-order valence-corrected chi connectivity index (χ4v) is 3.05. The number of unbranched alkanes of at least 4 members (excludes halogenated alkanes) is 1. The minimum Gasteiger partial charge on any atom is -0.481 e. The highest BCUT2D eigenvalue weighted by atomic mass is 16.5. The van der Waals surface area contributed by atoms with Gasteiger partial charge in [-0.3, -0.25) is 4.79 Å². The molecule has 0 radical (unpaired) electrons. The Kier molecular flexibility index (Phi) is 4.53. The summed E-state index contributed by atoms with van der Waals surface area (Å²) < 4.78 is 5.76. The average Bonchev–Trinajstić information content (AvgIpc) is 2.93. The standard InChI is InChI=1S/C14H20O4/c15-9-11-10(12-7-8-13(11)18-12)5-3-1-2-4-6-14(16)17/h1,3,9-13H,2,4-8H2,(H,16,17). The maximum absolute atomic E-state index is 11.0. The van der Waals surface area contributed by atoms with Crippen molar-refractivity contribution in [3.05, 3.63) is 12.2 Å². The van der Waals surface area contributed by atoms with Gasteiger partial charge in [-0.15, -0.1) is 0 Å². The molecule has 1 N–H and O–H groups in total. The first kappa shape index (κ1) is 13.3. The summed E-state index contributed by atoms with van der Waals surface area (Å²) in [5, 5.41) is 8.50. The zero-order valence-corrected chi connectivity index (χ0v) is 10.5. The normalized spacial score (nSPS) is 34.2. The van der Waals surface area contributed by atoms with E-state index in [4.69, 9.17) is 9.84 Å². The average molecular weight is 252 g/mol. The monoisotopic (exact) mass is 252 g/mol. The summed E-state index contributed by atoms with van der Waals surface area (Å²) in [4.78, 5) is 21.4. The Morgan fingerprint density at radius 2 is 2.06 bits per heavy atom. The minimum atomic E-state index is -0.745. The molecule has 100 valence electrons. The third-order valence-electron chi connectivity index (χ3n) is 3.98. The lowest BCUT2D eigenvalue weighted by molar-refractivity contribution is -0.137. The van der Waals surface area contributed by atoms with Gasteiger partial charge in [-0.25, -0.2) is 0 Å². The third-order valence-corrected chi connectivity index (χ3v) is 3.98. The number of aliphatic carboxylic acids is 1. The molecule has 0 aromatic heterocycles. The summed E-state index contributed by atoms with van der Waals surface area (Å²) >= 11 is 0. The SMILES string of the molecule is O=CC1C2CCC(O2)C1CC=CCCCC(=O)O. The van der Waals surface area contributed by atoms with Crippen molar-refractivity contribution in [3.8, 4) is 0 Å². The molecule has 2 heterocycles. The van der Waals surface area contributed by atoms with Crippen LogP contribution in [-0.4, -0.2) is 29.6 Å². The molecule has 2 aliphatic heterocycles. The molecule has 4 heteroatoms. The van der Waals surface area contributed by atoms with Gasteiger partial charge >= 0.3 is 5.97 Å². The van der Waals surface area contributed by atoms with E-state index in [1.54, 1.807) is 0 Å². The van der Waals surface area contributed by atoms with E-state index in [0.717, 1.165) is 32.0 Å². The number of hydrogen-bond donors (Lipinski definition) is 1. The molecule has 18 heavy (non-hydrogen) atoms. The van der Waals surface area contributed by atoms with Crippen LogP contribution in [0.25, 0.3) is 0 Å². The predicted molar refractivity (Wildman–Crippen MR) is 66.2 cm³/mol. The lowest BCUT2D eigenvalue weighted by Gasteiger charge is -2.22. The van der Waals surface area contributed by atoms with Crippen molar-refractivity contribution in [2.45, 2.75) is 50.7 Å². The quantitative estimate of drug-likeness (QED) is 0.428. The molecule has 2 bridgehead atoms. The topological polar surface area (TPSA) is 63.6 Å². The van der Waals surface area contributed by atoms with Gasteiger partial charge < -0.3 is 14.6 Å². The molecule has 2 fully saturated rings. The van der Waals surface area contributed by atoms with Crippen LogP contribution in [0.5, 0.6) is 0 Å². The summed E-state index contributed by atoms with van der Waals surface area (Å²) in [6.07, 6.45) is 10.2. The fourth-order valence-electron chi connectivity index (χ4n) is 3.05. The van der Waals surface area contributed by atoms with Gasteiger partial charge in [-0.05, 0) is 32.1 Å². The van der Waals surface area contributed by atoms with Crippen LogP contribution in [0, 0.1) is 11.8 Å². The van der Waals surface area contributed by atoms with Crippen LogP contribution < -0.4 is 0 Å². The molecule has 2 rings (SSSR count). The van der Waals surface area contributed by atoms with Crippen molar-refractivity contribution in [1.82, 2.24) is 0 Å². The van der Waals surface area contributed by atoms with Gasteiger partial charge in [-0.1, -0.05) is 12.2 Å². The van der Waals surface area contributed by atoms with Gasteiger partial charge in [0.1, 0.15) is 6.29 Å². The van der Waals surface area contributed by atoms with Crippen molar-refractivity contribution in [2.75, 3.05) is 0 Å². The van der Waals surface area contributed by atoms with Crippen LogP contribution in [-0.2, 0) is 14.3 Å². The largest absolute Gasteiger partial charge is 0.481 e. The second-order valence-corrected chi connectivity index (χ2v) is 5.16. The van der Waals surface area contributed by atoms with Crippen LogP contribution in [0.15, 0.2) is 12.2 Å². The number of carbonyl (C=O) groups excluding carboxylic acids is 1.